The summed E-state index contributed by atoms with van der Waals surface area (Å²) >= 11 is 1.74. The summed E-state index contributed by atoms with van der Waals surface area (Å²) in [5.74, 6) is 0. The number of hydrogen-bond donors (Lipinski definition) is 3. The summed E-state index contributed by atoms with van der Waals surface area (Å²) in [5, 5.41) is 11.1. The van der Waals surface area contributed by atoms with Crippen molar-refractivity contribution in [2.75, 3.05) is 31.4 Å². The number of fused-ring (bicyclic) bond motifs is 1. The van der Waals surface area contributed by atoms with Crippen molar-refractivity contribution in [3.63, 3.8) is 0 Å². The van der Waals surface area contributed by atoms with E-state index in [1.54, 1.807) is 24.4 Å². The molecule has 4 rings (SSSR count). The maximum Gasteiger partial charge on any atom is 0.162 e. The molecule has 3 aromatic rings. The molecule has 136 valence electrons. The van der Waals surface area contributed by atoms with Crippen LogP contribution in [0.1, 0.15) is 6.42 Å². The van der Waals surface area contributed by atoms with Gasteiger partial charge in [0.2, 0.25) is 0 Å². The van der Waals surface area contributed by atoms with Crippen LogP contribution in [0, 0.1) is 0 Å². The van der Waals surface area contributed by atoms with E-state index in [1.165, 1.54) is 16.1 Å². The molecular formula is C20H24N3O2S+. The molecule has 0 saturated carbocycles. The number of hydrogen-bond acceptors (Lipinski definition) is 4. The molecule has 2 heterocycles. The number of anilines is 1. The number of H-pyrrole nitrogens is 1. The number of nitrogens with zero attached hydrogens (tertiary/aromatic N) is 1. The molecule has 1 aliphatic rings. The van der Waals surface area contributed by atoms with Crippen LogP contribution in [0.15, 0.2) is 47.4 Å². The molecule has 5 nitrogen and oxygen atoms in total. The van der Waals surface area contributed by atoms with Gasteiger partial charge in [0.1, 0.15) is 0 Å². The van der Waals surface area contributed by atoms with Crippen LogP contribution in [0.2, 0.25) is 0 Å². The van der Waals surface area contributed by atoms with Gasteiger partial charge in [0.05, 0.1) is 13.2 Å². The third-order valence-corrected chi connectivity index (χ3v) is 5.62. The number of nitrogens with two attached hydrogens (primary N) is 1. The Labute approximate surface area is 157 Å². The Bertz CT molecular complexity index is 925. The Hall–Kier alpha value is -1.99. The van der Waals surface area contributed by atoms with Crippen LogP contribution < -0.4 is 10.4 Å². The molecule has 1 saturated heterocycles. The van der Waals surface area contributed by atoms with Gasteiger partial charge in [0, 0.05) is 58.0 Å². The van der Waals surface area contributed by atoms with Gasteiger partial charge in [-0.3, -0.25) is 0 Å². The number of aliphatic hydroxyl groups excluding tert-OH is 1. The van der Waals surface area contributed by atoms with Gasteiger partial charge in [0.25, 0.3) is 0 Å². The second-order valence-electron chi connectivity index (χ2n) is 6.65. The molecule has 26 heavy (non-hydrogen) atoms. The smallest absolute Gasteiger partial charge is 0.162 e. The molecule has 6 heteroatoms. The van der Waals surface area contributed by atoms with Gasteiger partial charge in [-0.1, -0.05) is 0 Å². The number of aromatic amines is 1. The maximum absolute atomic E-state index is 9.95. The number of β-amino-alcohol motifs (C(OH)–C–C–N with tert-alkyl or cyclic N) is 1. The largest absolute Gasteiger partial charge is 0.391 e. The van der Waals surface area contributed by atoms with Crippen molar-refractivity contribution in [2.24, 2.45) is 0 Å². The number of rotatable bonds is 5. The van der Waals surface area contributed by atoms with Gasteiger partial charge in [-0.25, -0.2) is 4.84 Å². The third kappa shape index (κ3) is 3.33. The van der Waals surface area contributed by atoms with Crippen molar-refractivity contribution >= 4 is 34.0 Å². The van der Waals surface area contributed by atoms with Crippen LogP contribution in [0.3, 0.4) is 0 Å². The lowest BCUT2D eigenvalue weighted by atomic mass is 10.1. The Morgan fingerprint density at radius 2 is 2.12 bits per heavy atom. The minimum absolute atomic E-state index is 0.238. The summed E-state index contributed by atoms with van der Waals surface area (Å²) in [5.41, 5.74) is 7.36. The highest BCUT2D eigenvalue weighted by Gasteiger charge is 2.23. The van der Waals surface area contributed by atoms with E-state index >= 15 is 0 Å². The lowest BCUT2D eigenvalue weighted by Gasteiger charge is -2.21. The van der Waals surface area contributed by atoms with Crippen molar-refractivity contribution in [1.29, 1.82) is 0 Å². The van der Waals surface area contributed by atoms with Crippen LogP contribution in [-0.4, -0.2) is 42.6 Å². The Morgan fingerprint density at radius 1 is 1.23 bits per heavy atom. The van der Waals surface area contributed by atoms with Crippen LogP contribution in [0.25, 0.3) is 22.2 Å². The lowest BCUT2D eigenvalue weighted by Crippen LogP contribution is -2.75. The van der Waals surface area contributed by atoms with Crippen molar-refractivity contribution in [3.05, 3.63) is 42.5 Å². The lowest BCUT2D eigenvalue weighted by molar-refractivity contribution is -0.830. The maximum atomic E-state index is 9.95. The van der Waals surface area contributed by atoms with Gasteiger partial charge in [-0.05, 0) is 43.0 Å². The molecule has 0 bridgehead atoms. The molecule has 0 aliphatic carbocycles. The van der Waals surface area contributed by atoms with Crippen LogP contribution in [0.4, 0.5) is 11.4 Å². The SMILES string of the molecule is CO[NH2+]c1ccc2[nH]c(-c3cc(SC)ccc3N3CCC(O)C3)cc2c1. The predicted octanol–water partition coefficient (Wildman–Crippen LogP) is 2.88. The van der Waals surface area contributed by atoms with E-state index < -0.39 is 0 Å². The molecule has 0 spiro atoms. The van der Waals surface area contributed by atoms with Crippen LogP contribution in [0.5, 0.6) is 0 Å². The summed E-state index contributed by atoms with van der Waals surface area (Å²) in [6.45, 7) is 1.58. The second kappa shape index (κ2) is 7.32. The average Bonchev–Trinajstić information content (AvgIpc) is 3.27. The van der Waals surface area contributed by atoms with Crippen molar-refractivity contribution < 1.29 is 15.4 Å². The van der Waals surface area contributed by atoms with Crippen molar-refractivity contribution in [3.8, 4) is 11.3 Å². The van der Waals surface area contributed by atoms with Gasteiger partial charge in [-0.15, -0.1) is 11.8 Å². The Balaban J connectivity index is 1.79. The highest BCUT2D eigenvalue weighted by Crippen LogP contribution is 2.37. The standard InChI is InChI=1S/C20H23N3O2S/c1-25-22-14-3-5-18-13(9-14)10-19(21-18)17-11-16(26-2)4-6-20(17)23-8-7-15(24)12-23/h3-6,9-11,15,21-22,24H,7-8,12H2,1-2H3/p+1. The number of aromatic nitrogens is 1. The van der Waals surface area contributed by atoms with E-state index in [1.807, 2.05) is 6.07 Å². The molecule has 4 N–H and O–H groups in total. The van der Waals surface area contributed by atoms with E-state index in [-0.39, 0.29) is 6.10 Å². The fourth-order valence-electron chi connectivity index (χ4n) is 3.60. The molecule has 1 aliphatic heterocycles. The number of aliphatic hydroxyl groups is 1. The monoisotopic (exact) mass is 370 g/mol. The molecular weight excluding hydrogens is 346 g/mol. The molecule has 1 unspecified atom stereocenters. The quantitative estimate of drug-likeness (QED) is 0.367. The fourth-order valence-corrected chi connectivity index (χ4v) is 4.04. The van der Waals surface area contributed by atoms with E-state index in [0.717, 1.165) is 35.2 Å². The van der Waals surface area contributed by atoms with E-state index in [9.17, 15) is 5.11 Å². The van der Waals surface area contributed by atoms with Crippen molar-refractivity contribution in [1.82, 2.24) is 4.98 Å². The van der Waals surface area contributed by atoms with Gasteiger partial charge < -0.3 is 15.0 Å². The number of thioether (sulfide) groups is 1. The normalized spacial score (nSPS) is 17.3. The average molecular weight is 370 g/mol. The zero-order chi connectivity index (χ0) is 18.1. The van der Waals surface area contributed by atoms with E-state index in [0.29, 0.717) is 6.54 Å². The summed E-state index contributed by atoms with van der Waals surface area (Å²) in [7, 11) is 1.66. The summed E-state index contributed by atoms with van der Waals surface area (Å²) in [4.78, 5) is 12.2. The van der Waals surface area contributed by atoms with Gasteiger partial charge in [0.15, 0.2) is 5.69 Å². The molecule has 1 aromatic heterocycles. The minimum atomic E-state index is -0.238. The highest BCUT2D eigenvalue weighted by atomic mass is 32.2. The van der Waals surface area contributed by atoms with Gasteiger partial charge in [-0.2, -0.15) is 5.48 Å². The first-order valence-corrected chi connectivity index (χ1v) is 10.0. The number of benzene rings is 2. The number of nitrogens with one attached hydrogen (secondary N) is 1. The second-order valence-corrected chi connectivity index (χ2v) is 7.53. The first-order chi connectivity index (χ1) is 12.7. The first-order valence-electron chi connectivity index (χ1n) is 8.78. The molecule has 1 atom stereocenters. The predicted molar refractivity (Wildman–Crippen MR) is 107 cm³/mol. The van der Waals surface area contributed by atoms with E-state index in [2.05, 4.69) is 52.5 Å². The molecule has 1 fully saturated rings. The highest BCUT2D eigenvalue weighted by molar-refractivity contribution is 7.98. The zero-order valence-electron chi connectivity index (χ0n) is 15.0. The fraction of sp³-hybridized carbons (Fsp3) is 0.300. The first kappa shape index (κ1) is 17.4. The summed E-state index contributed by atoms with van der Waals surface area (Å²) in [6, 6.07) is 15.0. The van der Waals surface area contributed by atoms with Crippen molar-refractivity contribution in [2.45, 2.75) is 17.4 Å². The molecule has 2 aromatic carbocycles. The van der Waals surface area contributed by atoms with Crippen LogP contribution in [-0.2, 0) is 4.84 Å². The zero-order valence-corrected chi connectivity index (χ0v) is 15.8. The summed E-state index contributed by atoms with van der Waals surface area (Å²) < 4.78 is 0. The topological polar surface area (TPSA) is 65.1 Å². The minimum Gasteiger partial charge on any atom is -0.391 e. The Kier molecular flexibility index (Phi) is 4.91. The number of quaternary nitrogens is 1. The van der Waals surface area contributed by atoms with E-state index in [4.69, 9.17) is 4.84 Å². The van der Waals surface area contributed by atoms with Crippen LogP contribution >= 0.6 is 11.8 Å². The summed E-state index contributed by atoms with van der Waals surface area (Å²) in [6.07, 6.45) is 2.68. The molecule has 0 radical (unpaired) electrons. The van der Waals surface area contributed by atoms with Gasteiger partial charge >= 0.3 is 0 Å². The Morgan fingerprint density at radius 3 is 2.85 bits per heavy atom. The molecule has 0 amide bonds. The third-order valence-electron chi connectivity index (χ3n) is 4.90.